The summed E-state index contributed by atoms with van der Waals surface area (Å²) in [5, 5.41) is 6.27. The van der Waals surface area contributed by atoms with Crippen LogP contribution in [0.3, 0.4) is 0 Å². The van der Waals surface area contributed by atoms with E-state index in [1.165, 1.54) is 0 Å². The minimum absolute atomic E-state index is 0.0699. The number of guanidine groups is 1. The fraction of sp³-hybridized carbons (Fsp3) is 0.588. The smallest absolute Gasteiger partial charge is 0.382 e. The summed E-state index contributed by atoms with van der Waals surface area (Å²) < 4.78 is 51.0. The van der Waals surface area contributed by atoms with Gasteiger partial charge in [0.25, 0.3) is 0 Å². The second kappa shape index (κ2) is 12.5. The highest BCUT2D eigenvalue weighted by molar-refractivity contribution is 5.79. The van der Waals surface area contributed by atoms with Crippen LogP contribution in [0, 0.1) is 0 Å². The summed E-state index contributed by atoms with van der Waals surface area (Å²) in [4.78, 5) is 4.11. The number of alkyl halides is 3. The van der Waals surface area contributed by atoms with Crippen LogP contribution in [0.1, 0.15) is 11.1 Å². The SMILES string of the molecule is CN=C(NCCOCCOC)NCc1ccc(COCC(F)(F)F)cc1. The second-order valence-corrected chi connectivity index (χ2v) is 5.38. The maximum Gasteiger partial charge on any atom is 0.411 e. The molecule has 0 unspecified atom stereocenters. The van der Waals surface area contributed by atoms with E-state index in [4.69, 9.17) is 9.47 Å². The zero-order chi connectivity index (χ0) is 19.3. The van der Waals surface area contributed by atoms with Crippen LogP contribution < -0.4 is 10.6 Å². The molecule has 0 aromatic heterocycles. The summed E-state index contributed by atoms with van der Waals surface area (Å²) >= 11 is 0. The largest absolute Gasteiger partial charge is 0.411 e. The van der Waals surface area contributed by atoms with Gasteiger partial charge in [-0.1, -0.05) is 24.3 Å². The van der Waals surface area contributed by atoms with Crippen LogP contribution in [0.2, 0.25) is 0 Å². The van der Waals surface area contributed by atoms with E-state index in [9.17, 15) is 13.2 Å². The van der Waals surface area contributed by atoms with E-state index in [0.717, 1.165) is 5.56 Å². The zero-order valence-corrected chi connectivity index (χ0v) is 15.1. The molecular formula is C17H26F3N3O3. The molecule has 0 saturated heterocycles. The van der Waals surface area contributed by atoms with Crippen molar-refractivity contribution >= 4 is 5.96 Å². The molecule has 2 N–H and O–H groups in total. The van der Waals surface area contributed by atoms with Gasteiger partial charge in [0.2, 0.25) is 0 Å². The van der Waals surface area contributed by atoms with Gasteiger partial charge >= 0.3 is 6.18 Å². The molecule has 0 aliphatic heterocycles. The average molecular weight is 377 g/mol. The van der Waals surface area contributed by atoms with Crippen LogP contribution in [0.25, 0.3) is 0 Å². The highest BCUT2D eigenvalue weighted by atomic mass is 19.4. The summed E-state index contributed by atoms with van der Waals surface area (Å²) in [6.45, 7) is 1.48. The lowest BCUT2D eigenvalue weighted by Crippen LogP contribution is -2.38. The Morgan fingerprint density at radius 3 is 2.31 bits per heavy atom. The Balaban J connectivity index is 2.26. The number of halogens is 3. The van der Waals surface area contributed by atoms with Crippen molar-refractivity contribution in [2.45, 2.75) is 19.3 Å². The third-order valence-electron chi connectivity index (χ3n) is 3.21. The van der Waals surface area contributed by atoms with Gasteiger partial charge in [0, 0.05) is 27.2 Å². The first-order valence-electron chi connectivity index (χ1n) is 8.18. The molecule has 9 heteroatoms. The normalized spacial score (nSPS) is 12.3. The van der Waals surface area contributed by atoms with Crippen LogP contribution in [0.5, 0.6) is 0 Å². The molecule has 0 bridgehead atoms. The molecule has 1 rings (SSSR count). The lowest BCUT2D eigenvalue weighted by molar-refractivity contribution is -0.176. The number of nitrogens with one attached hydrogen (secondary N) is 2. The number of ether oxygens (including phenoxy) is 3. The summed E-state index contributed by atoms with van der Waals surface area (Å²) in [7, 11) is 3.29. The Morgan fingerprint density at radius 2 is 1.69 bits per heavy atom. The van der Waals surface area contributed by atoms with Crippen LogP contribution in [0.4, 0.5) is 13.2 Å². The van der Waals surface area contributed by atoms with E-state index < -0.39 is 12.8 Å². The van der Waals surface area contributed by atoms with E-state index in [1.807, 2.05) is 12.1 Å². The fourth-order valence-electron chi connectivity index (χ4n) is 1.93. The van der Waals surface area contributed by atoms with Crippen LogP contribution in [0.15, 0.2) is 29.3 Å². The Morgan fingerprint density at radius 1 is 1.00 bits per heavy atom. The van der Waals surface area contributed by atoms with E-state index >= 15 is 0 Å². The molecule has 0 heterocycles. The van der Waals surface area contributed by atoms with Crippen molar-refractivity contribution in [2.75, 3.05) is 47.1 Å². The van der Waals surface area contributed by atoms with Gasteiger partial charge in [-0.05, 0) is 11.1 Å². The quantitative estimate of drug-likeness (QED) is 0.351. The minimum Gasteiger partial charge on any atom is -0.382 e. The standard InChI is InChI=1S/C17H26F3N3O3/c1-21-16(22-7-8-25-10-9-24-2)23-11-14-3-5-15(6-4-14)12-26-13-17(18,19)20/h3-6H,7-13H2,1-2H3,(H2,21,22,23). The van der Waals surface area contributed by atoms with Crippen molar-refractivity contribution in [3.8, 4) is 0 Å². The molecule has 0 atom stereocenters. The molecule has 0 aliphatic carbocycles. The van der Waals surface area contributed by atoms with E-state index in [-0.39, 0.29) is 6.61 Å². The van der Waals surface area contributed by atoms with Gasteiger partial charge in [0.1, 0.15) is 6.61 Å². The summed E-state index contributed by atoms with van der Waals surface area (Å²) in [6.07, 6.45) is -4.30. The van der Waals surface area contributed by atoms with Crippen molar-refractivity contribution in [3.05, 3.63) is 35.4 Å². The van der Waals surface area contributed by atoms with Crippen LogP contribution in [-0.4, -0.2) is 59.3 Å². The van der Waals surface area contributed by atoms with Crippen molar-refractivity contribution in [3.63, 3.8) is 0 Å². The zero-order valence-electron chi connectivity index (χ0n) is 15.1. The van der Waals surface area contributed by atoms with Crippen molar-refractivity contribution < 1.29 is 27.4 Å². The number of hydrogen-bond donors (Lipinski definition) is 2. The maximum atomic E-state index is 12.0. The van der Waals surface area contributed by atoms with Gasteiger partial charge < -0.3 is 24.8 Å². The molecule has 1 aromatic carbocycles. The predicted molar refractivity (Wildman–Crippen MR) is 93.0 cm³/mol. The molecular weight excluding hydrogens is 351 g/mol. The Kier molecular flexibility index (Phi) is 10.7. The number of methoxy groups -OCH3 is 1. The molecule has 6 nitrogen and oxygen atoms in total. The van der Waals surface area contributed by atoms with Gasteiger partial charge in [0.15, 0.2) is 5.96 Å². The molecule has 0 amide bonds. The summed E-state index contributed by atoms with van der Waals surface area (Å²) in [5.74, 6) is 0.637. The predicted octanol–water partition coefficient (Wildman–Crippen LogP) is 2.09. The molecule has 1 aromatic rings. The number of hydrogen-bond acceptors (Lipinski definition) is 4. The third-order valence-corrected chi connectivity index (χ3v) is 3.21. The Hall–Kier alpha value is -1.84. The number of benzene rings is 1. The second-order valence-electron chi connectivity index (χ2n) is 5.38. The van der Waals surface area contributed by atoms with Crippen LogP contribution >= 0.6 is 0 Å². The van der Waals surface area contributed by atoms with Crippen LogP contribution in [-0.2, 0) is 27.4 Å². The topological polar surface area (TPSA) is 64.1 Å². The summed E-state index contributed by atoms with van der Waals surface area (Å²) in [6, 6.07) is 7.15. The maximum absolute atomic E-state index is 12.0. The van der Waals surface area contributed by atoms with Gasteiger partial charge in [0.05, 0.1) is 26.4 Å². The van der Waals surface area contributed by atoms with Crippen molar-refractivity contribution in [1.29, 1.82) is 0 Å². The Labute approximate surface area is 151 Å². The highest BCUT2D eigenvalue weighted by Gasteiger charge is 2.27. The summed E-state index contributed by atoms with van der Waals surface area (Å²) in [5.41, 5.74) is 1.66. The molecule has 0 radical (unpaired) electrons. The van der Waals surface area contributed by atoms with E-state index in [2.05, 4.69) is 20.4 Å². The van der Waals surface area contributed by atoms with Gasteiger partial charge in [-0.3, -0.25) is 4.99 Å². The fourth-order valence-corrected chi connectivity index (χ4v) is 1.93. The molecule has 0 aliphatic rings. The van der Waals surface area contributed by atoms with Crippen molar-refractivity contribution in [1.82, 2.24) is 10.6 Å². The molecule has 26 heavy (non-hydrogen) atoms. The first-order valence-corrected chi connectivity index (χ1v) is 8.18. The highest BCUT2D eigenvalue weighted by Crippen LogP contribution is 2.15. The first-order chi connectivity index (χ1) is 12.4. The minimum atomic E-state index is -4.30. The molecule has 0 fully saturated rings. The molecule has 148 valence electrons. The van der Waals surface area contributed by atoms with Gasteiger partial charge in [-0.2, -0.15) is 13.2 Å². The van der Waals surface area contributed by atoms with Gasteiger partial charge in [-0.15, -0.1) is 0 Å². The Bertz CT molecular complexity index is 522. The monoisotopic (exact) mass is 377 g/mol. The number of nitrogens with zero attached hydrogens (tertiary/aromatic N) is 1. The molecule has 0 spiro atoms. The van der Waals surface area contributed by atoms with Crippen molar-refractivity contribution in [2.24, 2.45) is 4.99 Å². The van der Waals surface area contributed by atoms with Gasteiger partial charge in [-0.25, -0.2) is 0 Å². The van der Waals surface area contributed by atoms with E-state index in [1.54, 1.807) is 26.3 Å². The third kappa shape index (κ3) is 10.9. The number of rotatable bonds is 11. The first kappa shape index (κ1) is 22.2. The average Bonchev–Trinajstić information content (AvgIpc) is 2.60. The van der Waals surface area contributed by atoms with E-state index in [0.29, 0.717) is 44.4 Å². The lowest BCUT2D eigenvalue weighted by atomic mass is 10.1. The molecule has 0 saturated carbocycles. The number of aliphatic imine (C=N–C) groups is 1. The lowest BCUT2D eigenvalue weighted by Gasteiger charge is -2.12.